The minimum atomic E-state index is -4.51. The number of ether oxygens (including phenoxy) is 1. The normalized spacial score (nSPS) is 19.1. The average Bonchev–Trinajstić information content (AvgIpc) is 3.52. The van der Waals surface area contributed by atoms with E-state index in [-0.39, 0.29) is 59.0 Å². The highest BCUT2D eigenvalue weighted by atomic mass is 19.4. The van der Waals surface area contributed by atoms with Gasteiger partial charge in [0.1, 0.15) is 11.4 Å². The van der Waals surface area contributed by atoms with Gasteiger partial charge in [-0.25, -0.2) is 23.8 Å². The Morgan fingerprint density at radius 1 is 1.19 bits per heavy atom. The minimum Gasteiger partial charge on any atom is -0.443 e. The summed E-state index contributed by atoms with van der Waals surface area (Å²) in [6.45, 7) is 4.57. The number of carbonyl (C=O) groups excluding carboxylic acids is 2. The molecule has 2 aromatic heterocycles. The first-order chi connectivity index (χ1) is 19.6. The third-order valence-corrected chi connectivity index (χ3v) is 7.17. The van der Waals surface area contributed by atoms with Crippen molar-refractivity contribution in [2.24, 2.45) is 0 Å². The van der Waals surface area contributed by atoms with Crippen molar-refractivity contribution >= 4 is 17.8 Å². The van der Waals surface area contributed by atoms with Crippen LogP contribution in [0.4, 0.5) is 28.2 Å². The Kier molecular flexibility index (Phi) is 6.97. The zero-order valence-corrected chi connectivity index (χ0v) is 23.1. The zero-order valence-electron chi connectivity index (χ0n) is 23.1. The van der Waals surface area contributed by atoms with Gasteiger partial charge in [0.2, 0.25) is 5.54 Å². The molecule has 14 heteroatoms. The van der Waals surface area contributed by atoms with Crippen LogP contribution in [-0.2, 0) is 11.3 Å². The molecule has 1 fully saturated rings. The number of anilines is 1. The second-order valence-corrected chi connectivity index (χ2v) is 11.4. The molecule has 1 unspecified atom stereocenters. The summed E-state index contributed by atoms with van der Waals surface area (Å²) in [5.74, 6) is -1.24. The van der Waals surface area contributed by atoms with Gasteiger partial charge in [-0.05, 0) is 45.4 Å². The van der Waals surface area contributed by atoms with E-state index in [0.717, 1.165) is 11.0 Å². The van der Waals surface area contributed by atoms with Gasteiger partial charge < -0.3 is 15.4 Å². The molecule has 1 aromatic carbocycles. The molecule has 2 aliphatic rings. The number of rotatable bonds is 3. The van der Waals surface area contributed by atoms with Crippen molar-refractivity contribution in [1.82, 2.24) is 19.7 Å². The van der Waals surface area contributed by atoms with Crippen LogP contribution in [0.3, 0.4) is 0 Å². The predicted octanol–water partition coefficient (Wildman–Crippen LogP) is 3.98. The maximum Gasteiger partial charge on any atom is 0.445 e. The lowest BCUT2D eigenvalue weighted by Gasteiger charge is -2.38. The fourth-order valence-electron chi connectivity index (χ4n) is 5.11. The molecule has 220 valence electrons. The minimum absolute atomic E-state index is 0.00451. The third-order valence-electron chi connectivity index (χ3n) is 7.17. The fourth-order valence-corrected chi connectivity index (χ4v) is 5.11. The summed E-state index contributed by atoms with van der Waals surface area (Å²) >= 11 is 0. The van der Waals surface area contributed by atoms with Crippen molar-refractivity contribution < 1.29 is 37.6 Å². The summed E-state index contributed by atoms with van der Waals surface area (Å²) in [5, 5.41) is 14.1. The zero-order chi connectivity index (χ0) is 30.6. The van der Waals surface area contributed by atoms with Crippen LogP contribution in [0.5, 0.6) is 0 Å². The molecule has 3 aromatic rings. The van der Waals surface area contributed by atoms with Gasteiger partial charge in [-0.3, -0.25) is 4.79 Å². The number of benzene rings is 1. The number of hydrogen-bond acceptors (Lipinski definition) is 7. The number of piperidine rings is 1. The number of amides is 2. The first-order valence-corrected chi connectivity index (χ1v) is 13.1. The molecular weight excluding hydrogens is 558 g/mol. The molecule has 4 heterocycles. The Labute approximate surface area is 238 Å². The molecule has 0 saturated carbocycles. The first kappa shape index (κ1) is 29.0. The third kappa shape index (κ3) is 5.16. The number of carbonyl (C=O) groups is 2. The molecule has 1 saturated heterocycles. The highest BCUT2D eigenvalue weighted by Crippen LogP contribution is 2.37. The number of imide groups is 1. The lowest BCUT2D eigenvalue weighted by molar-refractivity contribution is -0.539. The Morgan fingerprint density at radius 2 is 1.93 bits per heavy atom. The van der Waals surface area contributed by atoms with Gasteiger partial charge in [0.05, 0.1) is 52.9 Å². The number of fused-ring (bicyclic) bond motifs is 1. The van der Waals surface area contributed by atoms with Crippen LogP contribution in [-0.4, -0.2) is 62.1 Å². The van der Waals surface area contributed by atoms with Crippen LogP contribution in [0.25, 0.3) is 16.9 Å². The predicted molar refractivity (Wildman–Crippen MR) is 141 cm³/mol. The maximum atomic E-state index is 15.0. The van der Waals surface area contributed by atoms with Crippen LogP contribution < -0.4 is 10.6 Å². The average molecular weight is 587 g/mol. The van der Waals surface area contributed by atoms with Crippen molar-refractivity contribution in [1.29, 1.82) is 5.26 Å². The van der Waals surface area contributed by atoms with Crippen molar-refractivity contribution in [2.75, 3.05) is 18.0 Å². The largest absolute Gasteiger partial charge is 0.445 e. The SMILES string of the molecule is CC(C)(C)OC(=O)N1Cc2nc(-c3c(F)cccc3C#N)cc(-n3ccc(N4CCCC([NH3+])(C(F)(F)F)C4)n3)c2C1=O. The Balaban J connectivity index is 1.61. The van der Waals surface area contributed by atoms with Crippen LogP contribution in [0, 0.1) is 17.1 Å². The Morgan fingerprint density at radius 3 is 2.60 bits per heavy atom. The summed E-state index contributed by atoms with van der Waals surface area (Å²) in [5.41, 5.74) is 0.519. The molecule has 1 atom stereocenters. The Hall–Kier alpha value is -4.51. The van der Waals surface area contributed by atoms with E-state index >= 15 is 4.39 Å². The van der Waals surface area contributed by atoms with Gasteiger partial charge in [-0.15, -0.1) is 0 Å². The number of nitrogens with zero attached hydrogens (tertiary/aromatic N) is 6. The van der Waals surface area contributed by atoms with Crippen molar-refractivity contribution in [3.8, 4) is 23.0 Å². The van der Waals surface area contributed by atoms with E-state index < -0.39 is 41.7 Å². The van der Waals surface area contributed by atoms with E-state index in [2.05, 4.69) is 15.8 Å². The van der Waals surface area contributed by atoms with Gasteiger partial charge in [0, 0.05) is 25.2 Å². The summed E-state index contributed by atoms with van der Waals surface area (Å²) in [6.07, 6.45) is -3.83. The monoisotopic (exact) mass is 586 g/mol. The van der Waals surface area contributed by atoms with Gasteiger partial charge in [-0.1, -0.05) is 6.07 Å². The van der Waals surface area contributed by atoms with Gasteiger partial charge in [-0.2, -0.15) is 23.5 Å². The van der Waals surface area contributed by atoms with Crippen LogP contribution in [0.2, 0.25) is 0 Å². The van der Waals surface area contributed by atoms with E-state index in [9.17, 15) is 28.0 Å². The van der Waals surface area contributed by atoms with Gasteiger partial charge in [0.25, 0.3) is 5.91 Å². The van der Waals surface area contributed by atoms with Crippen LogP contribution in [0.15, 0.2) is 36.5 Å². The molecule has 0 aliphatic carbocycles. The van der Waals surface area contributed by atoms with E-state index in [1.165, 1.54) is 40.0 Å². The molecule has 3 N–H and O–H groups in total. The van der Waals surface area contributed by atoms with Crippen LogP contribution >= 0.6 is 0 Å². The summed E-state index contributed by atoms with van der Waals surface area (Å²) in [7, 11) is 0. The number of hydrogen-bond donors (Lipinski definition) is 1. The number of nitriles is 1. The lowest BCUT2D eigenvalue weighted by atomic mass is 9.89. The van der Waals surface area contributed by atoms with Gasteiger partial charge in [0.15, 0.2) is 5.82 Å². The second-order valence-electron chi connectivity index (χ2n) is 11.4. The quantitative estimate of drug-likeness (QED) is 0.459. The molecule has 0 radical (unpaired) electrons. The highest BCUT2D eigenvalue weighted by molar-refractivity contribution is 6.08. The molecular formula is C28H28F4N7O3+. The number of aromatic nitrogens is 3. The molecule has 0 spiro atoms. The van der Waals surface area contributed by atoms with Crippen molar-refractivity contribution in [2.45, 2.75) is 57.5 Å². The van der Waals surface area contributed by atoms with E-state index in [1.54, 1.807) is 20.8 Å². The summed E-state index contributed by atoms with van der Waals surface area (Å²) in [6, 6.07) is 8.76. The first-order valence-electron chi connectivity index (χ1n) is 13.1. The topological polar surface area (TPSA) is 132 Å². The lowest BCUT2D eigenvalue weighted by Crippen LogP contribution is -2.84. The number of halogens is 4. The molecule has 42 heavy (non-hydrogen) atoms. The highest BCUT2D eigenvalue weighted by Gasteiger charge is 2.58. The summed E-state index contributed by atoms with van der Waals surface area (Å²) in [4.78, 5) is 33.2. The standard InChI is InChI=1S/C28H27F4N7O3/c1-26(2,3)42-25(41)38-14-19-23(24(38)40)20(12-18(35-19)22-16(13-33)6-4-7-17(22)29)39-11-8-21(36-39)37-10-5-9-27(34,15-37)28(30,31)32/h4,6-8,11-12H,5,9-10,14-15,34H2,1-3H3/p+1. The van der Waals surface area contributed by atoms with Crippen molar-refractivity contribution in [3.63, 3.8) is 0 Å². The number of pyridine rings is 1. The Bertz CT molecular complexity index is 1620. The summed E-state index contributed by atoms with van der Waals surface area (Å²) < 4.78 is 62.9. The molecule has 5 rings (SSSR count). The second kappa shape index (κ2) is 10.1. The maximum absolute atomic E-state index is 15.0. The van der Waals surface area contributed by atoms with Crippen LogP contribution in [0.1, 0.15) is 55.2 Å². The van der Waals surface area contributed by atoms with Gasteiger partial charge >= 0.3 is 12.3 Å². The molecule has 0 bridgehead atoms. The van der Waals surface area contributed by atoms with E-state index in [1.807, 2.05) is 6.07 Å². The van der Waals surface area contributed by atoms with Crippen molar-refractivity contribution in [3.05, 3.63) is 59.2 Å². The molecule has 10 nitrogen and oxygen atoms in total. The molecule has 2 aliphatic heterocycles. The number of alkyl halides is 3. The smallest absolute Gasteiger partial charge is 0.443 e. The fraction of sp³-hybridized carbons (Fsp3) is 0.393. The van der Waals surface area contributed by atoms with E-state index in [4.69, 9.17) is 4.74 Å². The molecule has 2 amide bonds. The van der Waals surface area contributed by atoms with E-state index in [0.29, 0.717) is 6.54 Å². The number of quaternary nitrogens is 1.